The average molecular weight is 396 g/mol. The summed E-state index contributed by atoms with van der Waals surface area (Å²) in [5.74, 6) is 1.87. The molecule has 0 radical (unpaired) electrons. The largest absolute Gasteiger partial charge is 0.497 e. The van der Waals surface area contributed by atoms with Gasteiger partial charge < -0.3 is 9.47 Å². The van der Waals surface area contributed by atoms with E-state index in [9.17, 15) is 0 Å². The summed E-state index contributed by atoms with van der Waals surface area (Å²) < 4.78 is 10.6. The van der Waals surface area contributed by atoms with Gasteiger partial charge in [0.15, 0.2) is 16.1 Å². The summed E-state index contributed by atoms with van der Waals surface area (Å²) in [6.07, 6.45) is 1.89. The molecular formula is C15H14ClN5O2S2. The summed E-state index contributed by atoms with van der Waals surface area (Å²) in [5.41, 5.74) is 0.782. The van der Waals surface area contributed by atoms with Gasteiger partial charge in [0.05, 0.1) is 14.2 Å². The molecule has 25 heavy (non-hydrogen) atoms. The Balaban J connectivity index is 1.87. The van der Waals surface area contributed by atoms with Crippen LogP contribution in [0, 0.1) is 0 Å². The van der Waals surface area contributed by atoms with Gasteiger partial charge in [-0.05, 0) is 30.2 Å². The van der Waals surface area contributed by atoms with E-state index in [-0.39, 0.29) is 0 Å². The summed E-state index contributed by atoms with van der Waals surface area (Å²) in [6.45, 7) is 0. The maximum absolute atomic E-state index is 6.01. The van der Waals surface area contributed by atoms with Gasteiger partial charge in [-0.15, -0.1) is 0 Å². The van der Waals surface area contributed by atoms with Gasteiger partial charge in [0.2, 0.25) is 0 Å². The van der Waals surface area contributed by atoms with Crippen molar-refractivity contribution in [2.24, 2.45) is 0 Å². The first kappa shape index (κ1) is 17.8. The Labute approximate surface area is 157 Å². The van der Waals surface area contributed by atoms with Gasteiger partial charge in [-0.25, -0.2) is 15.0 Å². The van der Waals surface area contributed by atoms with E-state index in [4.69, 9.17) is 21.1 Å². The number of aromatic amines is 1. The Morgan fingerprint density at radius 1 is 1.00 bits per heavy atom. The van der Waals surface area contributed by atoms with Crippen molar-refractivity contribution < 1.29 is 9.47 Å². The summed E-state index contributed by atoms with van der Waals surface area (Å²) in [6, 6.07) is 7.16. The van der Waals surface area contributed by atoms with Crippen LogP contribution >= 0.6 is 35.1 Å². The fourth-order valence-electron chi connectivity index (χ4n) is 1.98. The number of benzene rings is 1. The molecule has 3 aromatic rings. The number of thioether (sulfide) groups is 1. The maximum atomic E-state index is 6.01. The summed E-state index contributed by atoms with van der Waals surface area (Å²) in [5, 5.41) is 9.42. The molecule has 7 nitrogen and oxygen atoms in total. The molecule has 1 N–H and O–H groups in total. The second-order valence-electron chi connectivity index (χ2n) is 4.68. The Morgan fingerprint density at radius 2 is 1.72 bits per heavy atom. The minimum atomic E-state index is 0.388. The molecule has 3 rings (SSSR count). The van der Waals surface area contributed by atoms with Crippen molar-refractivity contribution in [3.8, 4) is 22.9 Å². The zero-order valence-corrected chi connectivity index (χ0v) is 16.0. The van der Waals surface area contributed by atoms with Crippen molar-refractivity contribution in [1.82, 2.24) is 25.1 Å². The molecule has 2 heterocycles. The van der Waals surface area contributed by atoms with E-state index in [1.807, 2.05) is 18.4 Å². The molecule has 10 heteroatoms. The van der Waals surface area contributed by atoms with Crippen molar-refractivity contribution in [2.75, 3.05) is 20.5 Å². The normalized spacial score (nSPS) is 10.7. The van der Waals surface area contributed by atoms with Crippen LogP contribution in [-0.4, -0.2) is 45.6 Å². The lowest BCUT2D eigenvalue weighted by Gasteiger charge is -2.06. The molecule has 0 bridgehead atoms. The van der Waals surface area contributed by atoms with Crippen LogP contribution in [0.2, 0.25) is 5.15 Å². The van der Waals surface area contributed by atoms with Gasteiger partial charge in [0.25, 0.3) is 0 Å². The Bertz CT molecular complexity index is 868. The third kappa shape index (κ3) is 4.36. The third-order valence-electron chi connectivity index (χ3n) is 3.11. The molecule has 0 unspecified atom stereocenters. The molecule has 130 valence electrons. The molecule has 0 aliphatic carbocycles. The van der Waals surface area contributed by atoms with Gasteiger partial charge in [-0.3, -0.25) is 5.10 Å². The van der Waals surface area contributed by atoms with E-state index in [1.165, 1.54) is 23.5 Å². The highest BCUT2D eigenvalue weighted by atomic mass is 35.5. The maximum Gasteiger partial charge on any atom is 0.190 e. The number of halogens is 1. The quantitative estimate of drug-likeness (QED) is 0.383. The molecule has 1 aromatic carbocycles. The smallest absolute Gasteiger partial charge is 0.190 e. The molecule has 2 aromatic heterocycles. The first-order valence-electron chi connectivity index (χ1n) is 7.03. The van der Waals surface area contributed by atoms with Crippen LogP contribution in [0.1, 0.15) is 0 Å². The number of nitrogens with one attached hydrogen (secondary N) is 1. The predicted molar refractivity (Wildman–Crippen MR) is 97.9 cm³/mol. The number of hydrogen-bond donors (Lipinski definition) is 1. The van der Waals surface area contributed by atoms with Crippen LogP contribution < -0.4 is 9.47 Å². The second-order valence-corrected chi connectivity index (χ2v) is 6.85. The van der Waals surface area contributed by atoms with Gasteiger partial charge in [0, 0.05) is 17.7 Å². The third-order valence-corrected chi connectivity index (χ3v) is 4.64. The average Bonchev–Trinajstić information content (AvgIpc) is 3.09. The minimum absolute atomic E-state index is 0.388. The Kier molecular flexibility index (Phi) is 5.67. The number of rotatable bonds is 6. The number of nitrogens with zero attached hydrogens (tertiary/aromatic N) is 4. The van der Waals surface area contributed by atoms with Crippen LogP contribution in [0.5, 0.6) is 11.5 Å². The van der Waals surface area contributed by atoms with Gasteiger partial charge in [-0.1, -0.05) is 23.4 Å². The van der Waals surface area contributed by atoms with Crippen LogP contribution in [0.4, 0.5) is 0 Å². The lowest BCUT2D eigenvalue weighted by Crippen LogP contribution is -1.90. The zero-order valence-electron chi connectivity index (χ0n) is 13.6. The molecule has 0 amide bonds. The van der Waals surface area contributed by atoms with E-state index in [0.717, 1.165) is 5.56 Å². The fraction of sp³-hybridized carbons (Fsp3) is 0.200. The van der Waals surface area contributed by atoms with E-state index < -0.39 is 0 Å². The molecular weight excluding hydrogens is 382 g/mol. The van der Waals surface area contributed by atoms with E-state index in [1.54, 1.807) is 26.4 Å². The van der Waals surface area contributed by atoms with Crippen LogP contribution in [0.15, 0.2) is 39.6 Å². The summed E-state index contributed by atoms with van der Waals surface area (Å²) in [7, 11) is 3.19. The molecule has 0 aliphatic rings. The standard InChI is InChI=1S/C15H14ClN5O2S2/c1-22-9-4-8(5-10(6-9)23-2)13-19-15(21-20-13)25-12-7-11(16)17-14(18-12)24-3/h4-7H,1-3H3,(H,19,20,21). The first-order valence-corrected chi connectivity index (χ1v) is 9.45. The molecule has 0 fully saturated rings. The number of methoxy groups -OCH3 is 2. The number of H-pyrrole nitrogens is 1. The van der Waals surface area contributed by atoms with Gasteiger partial charge >= 0.3 is 0 Å². The highest BCUT2D eigenvalue weighted by molar-refractivity contribution is 7.99. The first-order chi connectivity index (χ1) is 12.1. The Hall–Kier alpha value is -1.97. The SMILES string of the molecule is COc1cc(OC)cc(-c2n[nH]c(Sc3cc(Cl)nc(SC)n3)n2)c1. The van der Waals surface area contributed by atoms with Crippen molar-refractivity contribution in [1.29, 1.82) is 0 Å². The zero-order chi connectivity index (χ0) is 17.8. The van der Waals surface area contributed by atoms with Crippen LogP contribution in [0.25, 0.3) is 11.4 Å². The number of aromatic nitrogens is 5. The minimum Gasteiger partial charge on any atom is -0.497 e. The monoisotopic (exact) mass is 395 g/mol. The molecule has 0 atom stereocenters. The molecule has 0 aliphatic heterocycles. The van der Waals surface area contributed by atoms with E-state index >= 15 is 0 Å². The molecule has 0 spiro atoms. The van der Waals surface area contributed by atoms with Crippen LogP contribution in [0.3, 0.4) is 0 Å². The van der Waals surface area contributed by atoms with Crippen molar-refractivity contribution >= 4 is 35.1 Å². The van der Waals surface area contributed by atoms with Crippen LogP contribution in [-0.2, 0) is 0 Å². The van der Waals surface area contributed by atoms with Crippen molar-refractivity contribution in [3.63, 3.8) is 0 Å². The number of hydrogen-bond acceptors (Lipinski definition) is 8. The van der Waals surface area contributed by atoms with Gasteiger partial charge in [-0.2, -0.15) is 5.10 Å². The summed E-state index contributed by atoms with van der Waals surface area (Å²) >= 11 is 8.76. The fourth-order valence-corrected chi connectivity index (χ4v) is 3.44. The lowest BCUT2D eigenvalue weighted by molar-refractivity contribution is 0.394. The van der Waals surface area contributed by atoms with Crippen molar-refractivity contribution in [2.45, 2.75) is 15.3 Å². The predicted octanol–water partition coefficient (Wildman–Crippen LogP) is 3.81. The Morgan fingerprint density at radius 3 is 2.36 bits per heavy atom. The highest BCUT2D eigenvalue weighted by Gasteiger charge is 2.12. The molecule has 0 saturated heterocycles. The highest BCUT2D eigenvalue weighted by Crippen LogP contribution is 2.31. The van der Waals surface area contributed by atoms with E-state index in [2.05, 4.69) is 25.1 Å². The second kappa shape index (κ2) is 7.94. The molecule has 0 saturated carbocycles. The van der Waals surface area contributed by atoms with Gasteiger partial charge in [0.1, 0.15) is 21.7 Å². The number of ether oxygens (including phenoxy) is 2. The lowest BCUT2D eigenvalue weighted by atomic mass is 10.2. The summed E-state index contributed by atoms with van der Waals surface area (Å²) in [4.78, 5) is 13.0. The topological polar surface area (TPSA) is 85.8 Å². The van der Waals surface area contributed by atoms with Crippen molar-refractivity contribution in [3.05, 3.63) is 29.4 Å². The van der Waals surface area contributed by atoms with E-state index in [0.29, 0.717) is 37.8 Å².